The molecule has 2 heterocycles. The van der Waals surface area contributed by atoms with Crippen molar-refractivity contribution < 1.29 is 14.4 Å². The highest BCUT2D eigenvalue weighted by atomic mass is 16.2. The zero-order valence-electron chi connectivity index (χ0n) is 13.4. The van der Waals surface area contributed by atoms with E-state index in [0.717, 1.165) is 11.1 Å². The van der Waals surface area contributed by atoms with Crippen LogP contribution in [0.25, 0.3) is 0 Å². The Morgan fingerprint density at radius 3 is 2.72 bits per heavy atom. The van der Waals surface area contributed by atoms with E-state index in [4.69, 9.17) is 0 Å². The summed E-state index contributed by atoms with van der Waals surface area (Å²) in [5, 5.41) is 11.5. The Balaban J connectivity index is 1.50. The van der Waals surface area contributed by atoms with Crippen LogP contribution in [0.3, 0.4) is 0 Å². The average molecular weight is 342 g/mol. The minimum Gasteiger partial charge on any atom is -0.352 e. The van der Waals surface area contributed by atoms with Gasteiger partial charge >= 0.3 is 6.03 Å². The molecule has 1 saturated heterocycles. The molecule has 25 heavy (non-hydrogen) atoms. The fourth-order valence-corrected chi connectivity index (χ4v) is 2.59. The van der Waals surface area contributed by atoms with Crippen molar-refractivity contribution in [3.8, 4) is 0 Å². The van der Waals surface area contributed by atoms with E-state index < -0.39 is 18.0 Å². The summed E-state index contributed by atoms with van der Waals surface area (Å²) in [6, 6.07) is 6.60. The number of hydrogen-bond acceptors (Lipinski definition) is 5. The smallest absolute Gasteiger partial charge is 0.322 e. The number of benzene rings is 1. The summed E-state index contributed by atoms with van der Waals surface area (Å²) < 4.78 is 1.71. The van der Waals surface area contributed by atoms with E-state index in [1.165, 1.54) is 6.33 Å². The fourth-order valence-electron chi connectivity index (χ4n) is 2.59. The Kier molecular flexibility index (Phi) is 5.03. The van der Waals surface area contributed by atoms with E-state index in [-0.39, 0.29) is 18.7 Å². The van der Waals surface area contributed by atoms with Crippen LogP contribution in [0.1, 0.15) is 24.0 Å². The van der Waals surface area contributed by atoms with E-state index in [1.807, 2.05) is 24.3 Å². The van der Waals surface area contributed by atoms with Crippen LogP contribution in [0.5, 0.6) is 0 Å². The number of nitrogens with one attached hydrogen (secondary N) is 3. The molecule has 0 spiro atoms. The molecule has 1 aromatic carbocycles. The first-order valence-corrected chi connectivity index (χ1v) is 7.89. The molecule has 1 aromatic heterocycles. The first-order chi connectivity index (χ1) is 12.1. The normalized spacial score (nSPS) is 16.4. The van der Waals surface area contributed by atoms with Gasteiger partial charge in [0.05, 0.1) is 6.54 Å². The van der Waals surface area contributed by atoms with Gasteiger partial charge in [-0.1, -0.05) is 24.3 Å². The largest absolute Gasteiger partial charge is 0.352 e. The van der Waals surface area contributed by atoms with Gasteiger partial charge in [0.1, 0.15) is 18.7 Å². The summed E-state index contributed by atoms with van der Waals surface area (Å²) in [5.41, 5.74) is 2.02. The van der Waals surface area contributed by atoms with Crippen molar-refractivity contribution in [3.63, 3.8) is 0 Å². The van der Waals surface area contributed by atoms with Crippen molar-refractivity contribution in [3.05, 3.63) is 48.0 Å². The number of carbonyl (C=O) groups excluding carboxylic acids is 3. The number of nitrogens with zero attached hydrogens (tertiary/aromatic N) is 3. The van der Waals surface area contributed by atoms with Gasteiger partial charge in [-0.25, -0.2) is 14.5 Å². The van der Waals surface area contributed by atoms with Crippen LogP contribution in [-0.4, -0.2) is 38.7 Å². The highest BCUT2D eigenvalue weighted by Gasteiger charge is 2.29. The van der Waals surface area contributed by atoms with Crippen LogP contribution >= 0.6 is 0 Å². The minimum atomic E-state index is -0.641. The number of imide groups is 1. The third-order valence-corrected chi connectivity index (χ3v) is 3.91. The van der Waals surface area contributed by atoms with Gasteiger partial charge in [0.25, 0.3) is 5.91 Å². The maximum Gasteiger partial charge on any atom is 0.322 e. The van der Waals surface area contributed by atoms with Crippen LogP contribution in [0.15, 0.2) is 36.9 Å². The third-order valence-electron chi connectivity index (χ3n) is 3.91. The second-order valence-corrected chi connectivity index (χ2v) is 5.69. The molecule has 3 rings (SSSR count). The molecule has 1 atom stereocenters. The molecule has 9 nitrogen and oxygen atoms in total. The number of hydrogen-bond donors (Lipinski definition) is 3. The second-order valence-electron chi connectivity index (χ2n) is 5.69. The molecule has 0 aliphatic carbocycles. The molecule has 3 N–H and O–H groups in total. The molecular weight excluding hydrogens is 324 g/mol. The van der Waals surface area contributed by atoms with Crippen molar-refractivity contribution in [1.29, 1.82) is 0 Å². The molecular formula is C16H18N6O3. The SMILES string of the molecule is O=C(CC[C@@H]1NC(=O)NC1=O)NCc1ccccc1Cn1cncn1. The van der Waals surface area contributed by atoms with Crippen LogP contribution in [0.4, 0.5) is 4.79 Å². The zero-order valence-corrected chi connectivity index (χ0v) is 13.4. The number of aromatic nitrogens is 3. The van der Waals surface area contributed by atoms with Gasteiger partial charge < -0.3 is 10.6 Å². The third kappa shape index (κ3) is 4.40. The molecule has 1 fully saturated rings. The lowest BCUT2D eigenvalue weighted by Crippen LogP contribution is -2.31. The van der Waals surface area contributed by atoms with Crippen molar-refractivity contribution in [2.24, 2.45) is 0 Å². The molecule has 0 radical (unpaired) electrons. The molecule has 9 heteroatoms. The first kappa shape index (κ1) is 16.6. The Bertz CT molecular complexity index is 774. The van der Waals surface area contributed by atoms with E-state index in [9.17, 15) is 14.4 Å². The van der Waals surface area contributed by atoms with E-state index in [0.29, 0.717) is 13.1 Å². The molecule has 1 aliphatic heterocycles. The maximum absolute atomic E-state index is 12.0. The predicted molar refractivity (Wildman–Crippen MR) is 87.1 cm³/mol. The van der Waals surface area contributed by atoms with Crippen molar-refractivity contribution in [2.75, 3.05) is 0 Å². The summed E-state index contributed by atoms with van der Waals surface area (Å²) in [5.74, 6) is -0.569. The van der Waals surface area contributed by atoms with E-state index in [2.05, 4.69) is 26.0 Å². The number of carbonyl (C=O) groups is 3. The van der Waals surface area contributed by atoms with Gasteiger partial charge in [0, 0.05) is 13.0 Å². The van der Waals surface area contributed by atoms with Gasteiger partial charge in [0.15, 0.2) is 0 Å². The van der Waals surface area contributed by atoms with Crippen LogP contribution in [-0.2, 0) is 22.7 Å². The van der Waals surface area contributed by atoms with Crippen LogP contribution in [0, 0.1) is 0 Å². The Morgan fingerprint density at radius 1 is 1.24 bits per heavy atom. The lowest BCUT2D eigenvalue weighted by atomic mass is 10.1. The van der Waals surface area contributed by atoms with E-state index >= 15 is 0 Å². The molecule has 130 valence electrons. The van der Waals surface area contributed by atoms with Crippen molar-refractivity contribution in [1.82, 2.24) is 30.7 Å². The van der Waals surface area contributed by atoms with Crippen LogP contribution < -0.4 is 16.0 Å². The summed E-state index contributed by atoms with van der Waals surface area (Å²) in [6.07, 6.45) is 3.53. The quantitative estimate of drug-likeness (QED) is 0.609. The number of rotatable bonds is 7. The topological polar surface area (TPSA) is 118 Å². The summed E-state index contributed by atoms with van der Waals surface area (Å²) in [7, 11) is 0. The molecule has 4 amide bonds. The molecule has 0 unspecified atom stereocenters. The highest BCUT2D eigenvalue weighted by Crippen LogP contribution is 2.10. The Morgan fingerprint density at radius 2 is 2.04 bits per heavy atom. The predicted octanol–water partition coefficient (Wildman–Crippen LogP) is -0.0692. The zero-order chi connectivity index (χ0) is 17.6. The van der Waals surface area contributed by atoms with Crippen molar-refractivity contribution >= 4 is 17.8 Å². The van der Waals surface area contributed by atoms with E-state index in [1.54, 1.807) is 11.0 Å². The lowest BCUT2D eigenvalue weighted by Gasteiger charge is -2.11. The second kappa shape index (κ2) is 7.56. The summed E-state index contributed by atoms with van der Waals surface area (Å²) in [4.78, 5) is 38.4. The average Bonchev–Trinajstić information content (AvgIpc) is 3.21. The monoisotopic (exact) mass is 342 g/mol. The first-order valence-electron chi connectivity index (χ1n) is 7.89. The lowest BCUT2D eigenvalue weighted by molar-refractivity contribution is -0.122. The minimum absolute atomic E-state index is 0.156. The van der Waals surface area contributed by atoms with Gasteiger partial charge in [0.2, 0.25) is 5.91 Å². The summed E-state index contributed by atoms with van der Waals surface area (Å²) >= 11 is 0. The van der Waals surface area contributed by atoms with Crippen LogP contribution in [0.2, 0.25) is 0 Å². The van der Waals surface area contributed by atoms with Gasteiger partial charge in [-0.2, -0.15) is 5.10 Å². The van der Waals surface area contributed by atoms with Gasteiger partial charge in [-0.15, -0.1) is 0 Å². The number of amides is 4. The molecule has 2 aromatic rings. The van der Waals surface area contributed by atoms with Gasteiger partial charge in [-0.05, 0) is 17.5 Å². The maximum atomic E-state index is 12.0. The molecule has 1 aliphatic rings. The van der Waals surface area contributed by atoms with Gasteiger partial charge in [-0.3, -0.25) is 14.9 Å². The molecule has 0 bridgehead atoms. The number of urea groups is 1. The van der Waals surface area contributed by atoms with Crippen molar-refractivity contribution in [2.45, 2.75) is 32.0 Å². The Hall–Kier alpha value is -3.23. The Labute approximate surface area is 143 Å². The fraction of sp³-hybridized carbons (Fsp3) is 0.312. The summed E-state index contributed by atoms with van der Waals surface area (Å²) in [6.45, 7) is 0.952. The molecule has 0 saturated carbocycles. The standard InChI is InChI=1S/C16H18N6O3/c23-14(6-5-13-15(24)21-16(25)20-13)18-7-11-3-1-2-4-12(11)8-22-10-17-9-19-22/h1-4,9-10,13H,5-8H2,(H,18,23)(H2,20,21,24,25)/t13-/m0/s1. The highest BCUT2D eigenvalue weighted by molar-refractivity contribution is 6.04.